The molecule has 0 saturated heterocycles. The number of rotatable bonds is 15. The standard InChI is InChI=1S/C51H46N10O14S4/c1-27-14-38(10-12-43(27)57-54-37-11-13-44(28(2)15-37)58-61-47-25-42-36(23-50(47)79(73,74)75)21-41(76(64,65)66)24-49(42)78(70,71)72)55-60-46-19-29(3)45(18-30(46)4)59-52-33(7)48(77(67,68)69)22-35-20-39(9-8-34(35)26-62)53-56-40-16-31(5)51(63)32(6)17-40/h8-26,62-63H,1-7H3,(H,64,65,66)(H,67,68,69)(H,70,71,72)(H,73,74,75)/b34-26+,35-22-,48-33-,56-53?,57-54?,59-52?,60-55?,61-58?. The number of allylic oxidation sites excluding steroid dienone is 2. The molecule has 79 heavy (non-hydrogen) atoms. The van der Waals surface area contributed by atoms with Gasteiger partial charge in [0.1, 0.15) is 26.1 Å². The van der Waals surface area contributed by atoms with Crippen molar-refractivity contribution in [1.29, 1.82) is 0 Å². The van der Waals surface area contributed by atoms with Crippen LogP contribution in [0.25, 0.3) is 23.1 Å². The number of benzene rings is 7. The maximum absolute atomic E-state index is 12.7. The summed E-state index contributed by atoms with van der Waals surface area (Å²) in [6.07, 6.45) is 1.89. The minimum atomic E-state index is -5.15. The van der Waals surface area contributed by atoms with E-state index < -0.39 is 76.5 Å². The second kappa shape index (κ2) is 22.8. The molecule has 0 aliphatic carbocycles. The average molecular weight is 1150 g/mol. The second-order valence-electron chi connectivity index (χ2n) is 17.7. The molecule has 6 N–H and O–H groups in total. The van der Waals surface area contributed by atoms with E-state index in [2.05, 4.69) is 51.1 Å². The maximum atomic E-state index is 12.7. The van der Waals surface area contributed by atoms with E-state index >= 15 is 0 Å². The normalized spacial score (nSPS) is 13.9. The van der Waals surface area contributed by atoms with Gasteiger partial charge >= 0.3 is 0 Å². The van der Waals surface area contributed by atoms with Crippen LogP contribution in [-0.4, -0.2) is 62.1 Å². The minimum Gasteiger partial charge on any atom is -0.515 e. The van der Waals surface area contributed by atoms with Crippen molar-refractivity contribution in [2.75, 3.05) is 0 Å². The van der Waals surface area contributed by atoms with E-state index in [4.69, 9.17) is 0 Å². The van der Waals surface area contributed by atoms with Crippen LogP contribution >= 0.6 is 0 Å². The molecule has 0 atom stereocenters. The van der Waals surface area contributed by atoms with Gasteiger partial charge in [-0.05, 0) is 202 Å². The number of azo groups is 5. The van der Waals surface area contributed by atoms with Crippen LogP contribution in [0, 0.1) is 41.5 Å². The number of phenolic OH excluding ortho intramolecular Hbond substituents is 1. The average Bonchev–Trinajstić information content (AvgIpc) is 3.53. The minimum absolute atomic E-state index is 0.140. The van der Waals surface area contributed by atoms with E-state index in [0.29, 0.717) is 85.3 Å². The van der Waals surface area contributed by atoms with Crippen molar-refractivity contribution in [2.24, 2.45) is 51.1 Å². The van der Waals surface area contributed by atoms with Crippen LogP contribution < -0.4 is 10.4 Å². The molecule has 0 aliphatic heterocycles. The van der Waals surface area contributed by atoms with E-state index in [-0.39, 0.29) is 27.6 Å². The van der Waals surface area contributed by atoms with E-state index in [1.165, 1.54) is 31.2 Å². The Bertz CT molecular complexity index is 4460. The van der Waals surface area contributed by atoms with Crippen LogP contribution in [0.3, 0.4) is 0 Å². The van der Waals surface area contributed by atoms with Gasteiger partial charge in [0.15, 0.2) is 0 Å². The zero-order valence-electron chi connectivity index (χ0n) is 42.5. The number of phenols is 1. The van der Waals surface area contributed by atoms with Gasteiger partial charge < -0.3 is 10.2 Å². The number of fused-ring (bicyclic) bond motifs is 1. The SMILES string of the molecule is C\C(N=Nc1cc(C)c(N=Nc2ccc(N=Nc3ccc(N=Nc4cc5c(S(=O)(=O)O)cc(S(=O)(=O)O)cc5cc4S(=O)(=O)O)c(C)c3)c(C)c2)cc1C)=C(/C=c1/cc(N=Nc2cc(C)c(O)c(C)c2)cc/c1=C\O)S(=O)(=O)O. The summed E-state index contributed by atoms with van der Waals surface area (Å²) in [4.78, 5) is -3.45. The fourth-order valence-electron chi connectivity index (χ4n) is 7.58. The summed E-state index contributed by atoms with van der Waals surface area (Å²) in [5, 5.41) is 61.9. The van der Waals surface area contributed by atoms with Crippen LogP contribution in [0.5, 0.6) is 5.75 Å². The summed E-state index contributed by atoms with van der Waals surface area (Å²) < 4.78 is 138. The molecule has 0 bridgehead atoms. The first-order valence-corrected chi connectivity index (χ1v) is 28.6. The molecule has 0 saturated carbocycles. The highest BCUT2D eigenvalue weighted by molar-refractivity contribution is 7.90. The van der Waals surface area contributed by atoms with Gasteiger partial charge in [-0.15, -0.1) is 5.11 Å². The Kier molecular flexibility index (Phi) is 16.8. The van der Waals surface area contributed by atoms with Gasteiger partial charge in [0.25, 0.3) is 40.5 Å². The number of aromatic hydroxyl groups is 1. The Morgan fingerprint density at radius 1 is 0.430 bits per heavy atom. The zero-order valence-corrected chi connectivity index (χ0v) is 45.8. The number of hydrogen-bond donors (Lipinski definition) is 6. The largest absolute Gasteiger partial charge is 0.515 e. The first kappa shape index (κ1) is 58.2. The maximum Gasteiger partial charge on any atom is 0.296 e. The topological polar surface area (TPSA) is 382 Å². The van der Waals surface area contributed by atoms with Crippen molar-refractivity contribution in [3.05, 3.63) is 158 Å². The van der Waals surface area contributed by atoms with Crippen molar-refractivity contribution < 1.29 is 62.1 Å². The van der Waals surface area contributed by atoms with E-state index in [9.17, 15) is 62.1 Å². The van der Waals surface area contributed by atoms with Gasteiger partial charge in [-0.3, -0.25) is 18.2 Å². The lowest BCUT2D eigenvalue weighted by Gasteiger charge is -2.10. The van der Waals surface area contributed by atoms with Crippen molar-refractivity contribution >= 4 is 115 Å². The highest BCUT2D eigenvalue weighted by Gasteiger charge is 2.25. The predicted octanol–water partition coefficient (Wildman–Crippen LogP) is 12.8. The van der Waals surface area contributed by atoms with Crippen molar-refractivity contribution in [3.8, 4) is 5.75 Å². The van der Waals surface area contributed by atoms with Crippen molar-refractivity contribution in [1.82, 2.24) is 0 Å². The number of nitrogens with zero attached hydrogens (tertiary/aromatic N) is 10. The molecule has 7 rings (SSSR count). The third-order valence-electron chi connectivity index (χ3n) is 11.7. The molecule has 0 heterocycles. The summed E-state index contributed by atoms with van der Waals surface area (Å²) >= 11 is 0. The molecule has 0 spiro atoms. The molecule has 0 amide bonds. The Balaban J connectivity index is 1.07. The van der Waals surface area contributed by atoms with Crippen LogP contribution in [0.4, 0.5) is 51.2 Å². The molecule has 7 aromatic rings. The van der Waals surface area contributed by atoms with Gasteiger partial charge in [0, 0.05) is 10.6 Å². The number of aliphatic hydroxyl groups excluding tert-OH is 1. The van der Waals surface area contributed by atoms with E-state index in [0.717, 1.165) is 24.5 Å². The van der Waals surface area contributed by atoms with Crippen molar-refractivity contribution in [2.45, 2.75) is 63.2 Å². The third kappa shape index (κ3) is 14.2. The van der Waals surface area contributed by atoms with E-state index in [1.54, 1.807) is 96.1 Å². The molecule has 0 aliphatic rings. The summed E-state index contributed by atoms with van der Waals surface area (Å²) in [5.74, 6) is 0.140. The Morgan fingerprint density at radius 2 is 0.886 bits per heavy atom. The number of aliphatic hydroxyl groups is 1. The molecule has 408 valence electrons. The lowest BCUT2D eigenvalue weighted by molar-refractivity contribution is 0.467. The first-order valence-electron chi connectivity index (χ1n) is 22.8. The fourth-order valence-corrected chi connectivity index (χ4v) is 10.3. The molecular formula is C51H46N10O14S4. The quantitative estimate of drug-likeness (QED) is 0.0411. The van der Waals surface area contributed by atoms with Crippen LogP contribution in [0.1, 0.15) is 40.3 Å². The monoisotopic (exact) mass is 1150 g/mol. The number of aryl methyl sites for hydroxylation is 6. The molecule has 0 unspecified atom stereocenters. The Hall–Kier alpha value is -8.48. The molecule has 0 fully saturated rings. The van der Waals surface area contributed by atoms with E-state index in [1.807, 2.05) is 0 Å². The molecule has 7 aromatic carbocycles. The van der Waals surface area contributed by atoms with Gasteiger partial charge in [-0.25, -0.2) is 0 Å². The van der Waals surface area contributed by atoms with Crippen molar-refractivity contribution in [3.63, 3.8) is 0 Å². The smallest absolute Gasteiger partial charge is 0.296 e. The van der Waals surface area contributed by atoms with Gasteiger partial charge in [0.05, 0.1) is 62.4 Å². The van der Waals surface area contributed by atoms with Gasteiger partial charge in [-0.2, -0.15) is 79.7 Å². The Labute approximate surface area is 452 Å². The number of hydrogen-bond acceptors (Lipinski definition) is 20. The van der Waals surface area contributed by atoms with Gasteiger partial charge in [-0.1, -0.05) is 0 Å². The van der Waals surface area contributed by atoms with Crippen LogP contribution in [-0.2, 0) is 40.5 Å². The molecule has 0 aromatic heterocycles. The lowest BCUT2D eigenvalue weighted by Crippen LogP contribution is -2.25. The summed E-state index contributed by atoms with van der Waals surface area (Å²) in [7, 11) is -20.1. The summed E-state index contributed by atoms with van der Waals surface area (Å²) in [5.41, 5.74) is 6.04. The van der Waals surface area contributed by atoms with Crippen LogP contribution in [0.15, 0.2) is 180 Å². The third-order valence-corrected chi connectivity index (χ3v) is 15.3. The zero-order chi connectivity index (χ0) is 57.9. The molecule has 0 radical (unpaired) electrons. The second-order valence-corrected chi connectivity index (χ2v) is 23.3. The predicted molar refractivity (Wildman–Crippen MR) is 292 cm³/mol. The molecular weight excluding hydrogens is 1100 g/mol. The Morgan fingerprint density at radius 3 is 1.41 bits per heavy atom. The van der Waals surface area contributed by atoms with Gasteiger partial charge in [0.2, 0.25) is 0 Å². The summed E-state index contributed by atoms with van der Waals surface area (Å²) in [6.45, 7) is 11.7. The molecule has 24 nitrogen and oxygen atoms in total. The van der Waals surface area contributed by atoms with Crippen LogP contribution in [0.2, 0.25) is 0 Å². The lowest BCUT2D eigenvalue weighted by atomic mass is 10.1. The highest BCUT2D eigenvalue weighted by Crippen LogP contribution is 2.38. The molecule has 28 heteroatoms. The highest BCUT2D eigenvalue weighted by atomic mass is 32.2. The first-order chi connectivity index (χ1) is 36.9. The fraction of sp³-hybridized carbons (Fsp3) is 0.137. The summed E-state index contributed by atoms with van der Waals surface area (Å²) in [6, 6.07) is 23.6.